The standard InChI is InChI=1S/C26H24N4O3/c1-16(2)30-13-11-18-14-19(9-10-23(18)30)25-27-24(29-33-25)21-6-4-8-22-20(21)7-5-12-26(22,15-31)28-17(3)32/h4-6,8-16H,7H2,1-3H3,(H,28,32). The van der Waals surface area contributed by atoms with E-state index in [0.717, 1.165) is 39.4 Å². The third-order valence-corrected chi connectivity index (χ3v) is 6.08. The van der Waals surface area contributed by atoms with E-state index >= 15 is 0 Å². The number of rotatable bonds is 5. The van der Waals surface area contributed by atoms with Crippen LogP contribution >= 0.6 is 0 Å². The van der Waals surface area contributed by atoms with Crippen molar-refractivity contribution in [3.05, 3.63) is 71.9 Å². The van der Waals surface area contributed by atoms with Gasteiger partial charge in [0.05, 0.1) is 0 Å². The van der Waals surface area contributed by atoms with Crippen LogP contribution in [0.3, 0.4) is 0 Å². The van der Waals surface area contributed by atoms with Gasteiger partial charge >= 0.3 is 0 Å². The van der Waals surface area contributed by atoms with Crippen LogP contribution in [0.25, 0.3) is 33.7 Å². The van der Waals surface area contributed by atoms with Crippen molar-refractivity contribution in [1.29, 1.82) is 0 Å². The summed E-state index contributed by atoms with van der Waals surface area (Å²) in [5, 5.41) is 8.11. The average Bonchev–Trinajstić information content (AvgIpc) is 3.45. The fraction of sp³-hybridized carbons (Fsp3) is 0.231. The first-order chi connectivity index (χ1) is 15.9. The third-order valence-electron chi connectivity index (χ3n) is 6.08. The Morgan fingerprint density at radius 2 is 2.09 bits per heavy atom. The van der Waals surface area contributed by atoms with E-state index in [1.165, 1.54) is 6.92 Å². The highest BCUT2D eigenvalue weighted by atomic mass is 16.5. The summed E-state index contributed by atoms with van der Waals surface area (Å²) in [6.07, 6.45) is 7.04. The molecule has 0 aliphatic heterocycles. The molecular weight excluding hydrogens is 416 g/mol. The van der Waals surface area contributed by atoms with Crippen LogP contribution < -0.4 is 5.32 Å². The van der Waals surface area contributed by atoms with Crippen LogP contribution in [0.5, 0.6) is 0 Å². The average molecular weight is 441 g/mol. The van der Waals surface area contributed by atoms with Gasteiger partial charge in [-0.3, -0.25) is 9.59 Å². The summed E-state index contributed by atoms with van der Waals surface area (Å²) in [4.78, 5) is 28.5. The molecule has 4 aromatic rings. The monoisotopic (exact) mass is 440 g/mol. The summed E-state index contributed by atoms with van der Waals surface area (Å²) >= 11 is 0. The molecule has 1 unspecified atom stereocenters. The van der Waals surface area contributed by atoms with Gasteiger partial charge in [-0.25, -0.2) is 0 Å². The highest BCUT2D eigenvalue weighted by molar-refractivity contribution is 5.86. The zero-order valence-electron chi connectivity index (χ0n) is 18.7. The van der Waals surface area contributed by atoms with Gasteiger partial charge in [0, 0.05) is 41.2 Å². The molecule has 0 saturated heterocycles. The smallest absolute Gasteiger partial charge is 0.258 e. The molecule has 0 radical (unpaired) electrons. The van der Waals surface area contributed by atoms with Gasteiger partial charge < -0.3 is 14.4 Å². The number of benzene rings is 2. The molecule has 1 amide bonds. The zero-order valence-corrected chi connectivity index (χ0v) is 18.7. The van der Waals surface area contributed by atoms with E-state index < -0.39 is 5.54 Å². The summed E-state index contributed by atoms with van der Waals surface area (Å²) in [5.74, 6) is 0.588. The van der Waals surface area contributed by atoms with Gasteiger partial charge in [0.15, 0.2) is 6.29 Å². The Kier molecular flexibility index (Phi) is 4.96. The lowest BCUT2D eigenvalue weighted by Crippen LogP contribution is -2.46. The minimum atomic E-state index is -1.20. The summed E-state index contributed by atoms with van der Waals surface area (Å²) in [6, 6.07) is 14.1. The zero-order chi connectivity index (χ0) is 23.2. The topological polar surface area (TPSA) is 90.0 Å². The lowest BCUT2D eigenvalue weighted by atomic mass is 9.80. The van der Waals surface area contributed by atoms with Gasteiger partial charge in [0.2, 0.25) is 11.7 Å². The second-order valence-electron chi connectivity index (χ2n) is 8.62. The molecule has 1 N–H and O–H groups in total. The molecule has 1 atom stereocenters. The Morgan fingerprint density at radius 1 is 1.24 bits per heavy atom. The Bertz CT molecular complexity index is 1410. The van der Waals surface area contributed by atoms with Crippen LogP contribution in [0.15, 0.2) is 65.3 Å². The lowest BCUT2D eigenvalue weighted by Gasteiger charge is -2.31. The molecule has 0 saturated carbocycles. The van der Waals surface area contributed by atoms with Crippen molar-refractivity contribution in [3.8, 4) is 22.8 Å². The molecule has 7 nitrogen and oxygen atoms in total. The minimum absolute atomic E-state index is 0.284. The Morgan fingerprint density at radius 3 is 2.85 bits per heavy atom. The number of aldehydes is 1. The molecule has 1 aliphatic rings. The van der Waals surface area contributed by atoms with Gasteiger partial charge in [0.25, 0.3) is 5.89 Å². The van der Waals surface area contributed by atoms with Crippen molar-refractivity contribution in [3.63, 3.8) is 0 Å². The van der Waals surface area contributed by atoms with Crippen molar-refractivity contribution >= 4 is 23.1 Å². The van der Waals surface area contributed by atoms with Crippen molar-refractivity contribution in [2.75, 3.05) is 0 Å². The van der Waals surface area contributed by atoms with Crippen molar-refractivity contribution in [1.82, 2.24) is 20.0 Å². The van der Waals surface area contributed by atoms with Crippen molar-refractivity contribution in [2.45, 2.75) is 38.8 Å². The molecule has 0 bridgehead atoms. The Balaban J connectivity index is 1.55. The molecule has 0 fully saturated rings. The number of amides is 1. The second-order valence-corrected chi connectivity index (χ2v) is 8.62. The van der Waals surface area contributed by atoms with Crippen LogP contribution in [-0.2, 0) is 21.5 Å². The van der Waals surface area contributed by atoms with Gasteiger partial charge in [-0.15, -0.1) is 0 Å². The lowest BCUT2D eigenvalue weighted by molar-refractivity contribution is -0.124. The van der Waals surface area contributed by atoms with Crippen LogP contribution in [0, 0.1) is 0 Å². The first kappa shape index (κ1) is 20.9. The predicted molar refractivity (Wildman–Crippen MR) is 125 cm³/mol. The highest BCUT2D eigenvalue weighted by Gasteiger charge is 2.35. The number of fused-ring (bicyclic) bond motifs is 2. The normalized spacial score (nSPS) is 17.3. The molecule has 2 aromatic carbocycles. The molecule has 33 heavy (non-hydrogen) atoms. The highest BCUT2D eigenvalue weighted by Crippen LogP contribution is 2.36. The molecule has 5 rings (SSSR count). The maximum Gasteiger partial charge on any atom is 0.258 e. The van der Waals surface area contributed by atoms with Gasteiger partial charge in [0.1, 0.15) is 5.54 Å². The van der Waals surface area contributed by atoms with E-state index in [0.29, 0.717) is 24.2 Å². The number of nitrogens with one attached hydrogen (secondary N) is 1. The van der Waals surface area contributed by atoms with Crippen LogP contribution in [0.2, 0.25) is 0 Å². The molecule has 2 aromatic heterocycles. The first-order valence-corrected chi connectivity index (χ1v) is 10.9. The summed E-state index contributed by atoms with van der Waals surface area (Å²) < 4.78 is 7.84. The van der Waals surface area contributed by atoms with Crippen LogP contribution in [0.1, 0.15) is 37.9 Å². The number of allylic oxidation sites excluding steroid dienone is 1. The van der Waals surface area contributed by atoms with Gasteiger partial charge in [-0.05, 0) is 55.7 Å². The summed E-state index contributed by atoms with van der Waals surface area (Å²) in [6.45, 7) is 5.70. The van der Waals surface area contributed by atoms with E-state index in [1.54, 1.807) is 6.08 Å². The van der Waals surface area contributed by atoms with Gasteiger partial charge in [-0.2, -0.15) is 4.98 Å². The fourth-order valence-electron chi connectivity index (χ4n) is 4.59. The minimum Gasteiger partial charge on any atom is -0.345 e. The van der Waals surface area contributed by atoms with E-state index in [4.69, 9.17) is 4.52 Å². The molecule has 7 heteroatoms. The fourth-order valence-corrected chi connectivity index (χ4v) is 4.59. The number of carbonyl (C=O) groups excluding carboxylic acids is 2. The second kappa shape index (κ2) is 7.85. The predicted octanol–water partition coefficient (Wildman–Crippen LogP) is 4.58. The maximum atomic E-state index is 12.1. The maximum absolute atomic E-state index is 12.1. The Hall–Kier alpha value is -4.00. The number of hydrogen-bond acceptors (Lipinski definition) is 5. The first-order valence-electron chi connectivity index (χ1n) is 10.9. The van der Waals surface area contributed by atoms with Crippen molar-refractivity contribution < 1.29 is 14.1 Å². The number of carbonyl (C=O) groups is 2. The number of aromatic nitrogens is 3. The molecule has 2 heterocycles. The van der Waals surface area contributed by atoms with E-state index in [2.05, 4.69) is 52.2 Å². The van der Waals surface area contributed by atoms with E-state index in [9.17, 15) is 9.59 Å². The number of hydrogen-bond donors (Lipinski definition) is 1. The summed E-state index contributed by atoms with van der Waals surface area (Å²) in [7, 11) is 0. The van der Waals surface area contributed by atoms with E-state index in [-0.39, 0.29) is 5.91 Å². The SMILES string of the molecule is CC(=O)NC1(C=O)C=CCc2c(-c3noc(-c4ccc5c(ccn5C(C)C)c4)n3)cccc21. The van der Waals surface area contributed by atoms with Crippen LogP contribution in [-0.4, -0.2) is 26.9 Å². The molecular formula is C26H24N4O3. The van der Waals surface area contributed by atoms with Crippen LogP contribution in [0.4, 0.5) is 0 Å². The third kappa shape index (κ3) is 3.46. The molecule has 0 spiro atoms. The number of nitrogens with zero attached hydrogens (tertiary/aromatic N) is 3. The molecule has 166 valence electrons. The van der Waals surface area contributed by atoms with Gasteiger partial charge in [-0.1, -0.05) is 35.5 Å². The van der Waals surface area contributed by atoms with Crippen molar-refractivity contribution in [2.24, 2.45) is 0 Å². The molecule has 1 aliphatic carbocycles. The summed E-state index contributed by atoms with van der Waals surface area (Å²) in [5.41, 5.74) is 3.17. The quantitative estimate of drug-likeness (QED) is 0.362. The Labute approximate surface area is 191 Å². The van der Waals surface area contributed by atoms with E-state index in [1.807, 2.05) is 36.4 Å². The largest absolute Gasteiger partial charge is 0.345 e.